The molecule has 0 aromatic heterocycles. The van der Waals surface area contributed by atoms with Gasteiger partial charge in [0.25, 0.3) is 5.91 Å². The number of amides is 1. The highest BCUT2D eigenvalue weighted by atomic mass is 35.5. The maximum Gasteiger partial charge on any atom is 0.259 e. The molecule has 1 heterocycles. The Morgan fingerprint density at radius 1 is 1.24 bits per heavy atom. The lowest BCUT2D eigenvalue weighted by Crippen LogP contribution is -2.19. The van der Waals surface area contributed by atoms with Crippen molar-refractivity contribution in [3.05, 3.63) is 58.3 Å². The molecule has 128 valence electrons. The SMILES string of the molecule is C/C(O)=C1\C(=O)Nc2cc(Cl)c(-c3ccc(C4(CN)CC4)cc3)cc21. The van der Waals surface area contributed by atoms with Gasteiger partial charge < -0.3 is 16.2 Å². The number of fused-ring (bicyclic) bond motifs is 1. The second-order valence-electron chi connectivity index (χ2n) is 6.85. The summed E-state index contributed by atoms with van der Waals surface area (Å²) in [6.45, 7) is 2.18. The van der Waals surface area contributed by atoms with Crippen LogP contribution in [0.2, 0.25) is 5.02 Å². The van der Waals surface area contributed by atoms with E-state index in [-0.39, 0.29) is 17.1 Å². The van der Waals surface area contributed by atoms with Crippen LogP contribution >= 0.6 is 11.6 Å². The van der Waals surface area contributed by atoms with Gasteiger partial charge in [-0.25, -0.2) is 0 Å². The van der Waals surface area contributed by atoms with Crippen LogP contribution in [0.3, 0.4) is 0 Å². The summed E-state index contributed by atoms with van der Waals surface area (Å²) in [5.41, 5.74) is 10.7. The molecule has 4 nitrogen and oxygen atoms in total. The number of nitrogens with one attached hydrogen (secondary N) is 1. The first kappa shape index (κ1) is 16.2. The van der Waals surface area contributed by atoms with Crippen LogP contribution in [0.1, 0.15) is 30.9 Å². The number of aliphatic hydroxyl groups is 1. The number of hydrogen-bond donors (Lipinski definition) is 3. The number of carbonyl (C=O) groups excluding carboxylic acids is 1. The summed E-state index contributed by atoms with van der Waals surface area (Å²) in [6, 6.07) is 11.9. The monoisotopic (exact) mass is 354 g/mol. The number of benzene rings is 2. The third kappa shape index (κ3) is 2.53. The Balaban J connectivity index is 1.77. The van der Waals surface area contributed by atoms with E-state index in [2.05, 4.69) is 17.4 Å². The van der Waals surface area contributed by atoms with Crippen molar-refractivity contribution in [2.75, 3.05) is 11.9 Å². The molecule has 2 aromatic carbocycles. The maximum atomic E-state index is 12.0. The fourth-order valence-corrected chi connectivity index (χ4v) is 3.81. The minimum atomic E-state index is -0.308. The summed E-state index contributed by atoms with van der Waals surface area (Å²) in [6.07, 6.45) is 2.28. The smallest absolute Gasteiger partial charge is 0.259 e. The van der Waals surface area contributed by atoms with Crippen molar-refractivity contribution in [2.45, 2.75) is 25.2 Å². The zero-order valence-electron chi connectivity index (χ0n) is 13.9. The Morgan fingerprint density at radius 3 is 2.48 bits per heavy atom. The Bertz CT molecular complexity index is 908. The van der Waals surface area contributed by atoms with E-state index in [4.69, 9.17) is 17.3 Å². The molecule has 1 aliphatic carbocycles. The van der Waals surface area contributed by atoms with Crippen LogP contribution in [0.25, 0.3) is 16.7 Å². The zero-order valence-corrected chi connectivity index (χ0v) is 14.7. The number of rotatable bonds is 3. The number of carbonyl (C=O) groups is 1. The van der Waals surface area contributed by atoms with Gasteiger partial charge >= 0.3 is 0 Å². The van der Waals surface area contributed by atoms with Crippen molar-refractivity contribution in [3.63, 3.8) is 0 Å². The molecule has 4 N–H and O–H groups in total. The molecule has 4 rings (SSSR count). The van der Waals surface area contributed by atoms with E-state index in [1.807, 2.05) is 18.2 Å². The van der Waals surface area contributed by atoms with E-state index in [9.17, 15) is 9.90 Å². The third-order valence-corrected chi connectivity index (χ3v) is 5.58. The van der Waals surface area contributed by atoms with Gasteiger partial charge in [0.15, 0.2) is 0 Å². The van der Waals surface area contributed by atoms with Crippen molar-refractivity contribution in [1.82, 2.24) is 0 Å². The largest absolute Gasteiger partial charge is 0.512 e. The second-order valence-corrected chi connectivity index (χ2v) is 7.26. The Labute approximate surface area is 151 Å². The molecule has 1 fully saturated rings. The Kier molecular flexibility index (Phi) is 3.63. The Morgan fingerprint density at radius 2 is 1.92 bits per heavy atom. The minimum absolute atomic E-state index is 0.00140. The molecule has 1 aliphatic heterocycles. The molecule has 0 spiro atoms. The molecule has 1 saturated carbocycles. The van der Waals surface area contributed by atoms with Crippen LogP contribution < -0.4 is 11.1 Å². The highest BCUT2D eigenvalue weighted by molar-refractivity contribution is 6.36. The predicted octanol–water partition coefficient (Wildman–Crippen LogP) is 4.24. The van der Waals surface area contributed by atoms with Gasteiger partial charge in [0.05, 0.1) is 16.3 Å². The number of allylic oxidation sites excluding steroid dienone is 1. The molecular formula is C20H19ClN2O2. The van der Waals surface area contributed by atoms with E-state index < -0.39 is 0 Å². The summed E-state index contributed by atoms with van der Waals surface area (Å²) in [5, 5.41) is 13.1. The van der Waals surface area contributed by atoms with Crippen LogP contribution in [0, 0.1) is 0 Å². The molecule has 0 saturated heterocycles. The quantitative estimate of drug-likeness (QED) is 0.570. The first-order valence-electron chi connectivity index (χ1n) is 8.31. The zero-order chi connectivity index (χ0) is 17.8. The van der Waals surface area contributed by atoms with Gasteiger partial charge in [-0.1, -0.05) is 35.9 Å². The molecule has 0 bridgehead atoms. The molecule has 1 amide bonds. The molecule has 2 aromatic rings. The topological polar surface area (TPSA) is 75.3 Å². The van der Waals surface area contributed by atoms with Crippen LogP contribution in [-0.4, -0.2) is 17.6 Å². The standard InChI is InChI=1S/C20H19ClN2O2/c1-11(24)18-15-8-14(16(21)9-17(15)23-19(18)25)12-2-4-13(5-3-12)20(10-22)6-7-20/h2-5,8-9,24H,6-7,10,22H2,1H3,(H,23,25)/b18-11+. The predicted molar refractivity (Wildman–Crippen MR) is 101 cm³/mol. The van der Waals surface area contributed by atoms with E-state index in [0.717, 1.165) is 24.0 Å². The third-order valence-electron chi connectivity index (χ3n) is 5.27. The average Bonchev–Trinajstić information content (AvgIpc) is 3.31. The summed E-state index contributed by atoms with van der Waals surface area (Å²) in [7, 11) is 0. The first-order chi connectivity index (χ1) is 11.9. The maximum absolute atomic E-state index is 12.0. The van der Waals surface area contributed by atoms with Gasteiger partial charge in [-0.2, -0.15) is 0 Å². The van der Waals surface area contributed by atoms with Gasteiger partial charge in [-0.15, -0.1) is 0 Å². The molecule has 0 atom stereocenters. The lowest BCUT2D eigenvalue weighted by molar-refractivity contribution is -0.110. The van der Waals surface area contributed by atoms with Gasteiger partial charge in [0.1, 0.15) is 5.76 Å². The van der Waals surface area contributed by atoms with E-state index >= 15 is 0 Å². The van der Waals surface area contributed by atoms with Crippen LogP contribution in [0.5, 0.6) is 0 Å². The van der Waals surface area contributed by atoms with Gasteiger partial charge in [-0.05, 0) is 43.0 Å². The van der Waals surface area contributed by atoms with Crippen molar-refractivity contribution >= 4 is 28.8 Å². The summed E-state index contributed by atoms with van der Waals surface area (Å²) >= 11 is 6.44. The van der Waals surface area contributed by atoms with Crippen LogP contribution in [0.4, 0.5) is 5.69 Å². The highest BCUT2D eigenvalue weighted by Crippen LogP contribution is 2.48. The van der Waals surface area contributed by atoms with Gasteiger partial charge in [0.2, 0.25) is 0 Å². The molecule has 5 heteroatoms. The normalized spacial score (nSPS) is 19.4. The molecule has 0 unspecified atom stereocenters. The van der Waals surface area contributed by atoms with Gasteiger partial charge in [-0.3, -0.25) is 4.79 Å². The number of anilines is 1. The molecule has 0 radical (unpaired) electrons. The lowest BCUT2D eigenvalue weighted by atomic mass is 9.93. The first-order valence-corrected chi connectivity index (χ1v) is 8.69. The summed E-state index contributed by atoms with van der Waals surface area (Å²) in [4.78, 5) is 12.0. The Hall–Kier alpha value is -2.30. The fraction of sp³-hybridized carbons (Fsp3) is 0.250. The molecule has 2 aliphatic rings. The number of halogens is 1. The van der Waals surface area contributed by atoms with Crippen LogP contribution in [-0.2, 0) is 10.2 Å². The minimum Gasteiger partial charge on any atom is -0.512 e. The summed E-state index contributed by atoms with van der Waals surface area (Å²) < 4.78 is 0. The van der Waals surface area contributed by atoms with Crippen molar-refractivity contribution in [2.24, 2.45) is 5.73 Å². The van der Waals surface area contributed by atoms with E-state index in [1.165, 1.54) is 12.5 Å². The molecular weight excluding hydrogens is 336 g/mol. The van der Waals surface area contributed by atoms with Gasteiger partial charge in [0, 0.05) is 23.1 Å². The highest BCUT2D eigenvalue weighted by Gasteiger charge is 2.42. The van der Waals surface area contributed by atoms with E-state index in [1.54, 1.807) is 6.07 Å². The van der Waals surface area contributed by atoms with Crippen molar-refractivity contribution < 1.29 is 9.90 Å². The number of nitrogens with two attached hydrogens (primary N) is 1. The van der Waals surface area contributed by atoms with E-state index in [0.29, 0.717) is 28.4 Å². The average molecular weight is 355 g/mol. The number of aliphatic hydroxyl groups excluding tert-OH is 1. The fourth-order valence-electron chi connectivity index (χ4n) is 3.54. The van der Waals surface area contributed by atoms with Crippen LogP contribution in [0.15, 0.2) is 42.2 Å². The number of hydrogen-bond acceptors (Lipinski definition) is 3. The second kappa shape index (κ2) is 5.61. The summed E-state index contributed by atoms with van der Waals surface area (Å²) in [5.74, 6) is -0.310. The van der Waals surface area contributed by atoms with Crippen molar-refractivity contribution in [1.29, 1.82) is 0 Å². The molecule has 25 heavy (non-hydrogen) atoms. The van der Waals surface area contributed by atoms with Crippen molar-refractivity contribution in [3.8, 4) is 11.1 Å². The lowest BCUT2D eigenvalue weighted by Gasteiger charge is -2.14.